The van der Waals surface area contributed by atoms with Crippen LogP contribution in [0.15, 0.2) is 60.8 Å². The molecule has 0 aromatic carbocycles. The normalized spacial score (nSPS) is 28.8. The van der Waals surface area contributed by atoms with Gasteiger partial charge >= 0.3 is 0 Å². The van der Waals surface area contributed by atoms with Gasteiger partial charge in [0.05, 0.1) is 38.6 Å². The molecule has 17 unspecified atom stereocenters. The van der Waals surface area contributed by atoms with Gasteiger partial charge in [0.2, 0.25) is 5.91 Å². The number of amides is 1. The van der Waals surface area contributed by atoms with Gasteiger partial charge in [-0.3, -0.25) is 4.79 Å². The molecule has 1 amide bonds. The molecule has 3 aliphatic rings. The molecule has 88 heavy (non-hydrogen) atoms. The van der Waals surface area contributed by atoms with Gasteiger partial charge in [-0.25, -0.2) is 0 Å². The molecule has 0 aliphatic carbocycles. The highest BCUT2D eigenvalue weighted by molar-refractivity contribution is 5.76. The summed E-state index contributed by atoms with van der Waals surface area (Å²) in [4.78, 5) is 13.4. The Hall–Kier alpha value is -2.51. The maximum Gasteiger partial charge on any atom is 0.220 e. The molecule has 19 heteroatoms. The summed E-state index contributed by atoms with van der Waals surface area (Å²) in [6.07, 6.45) is 34.8. The second-order valence-electron chi connectivity index (χ2n) is 24.6. The molecule has 3 heterocycles. The first kappa shape index (κ1) is 79.7. The number of aliphatic hydroxyl groups is 11. The third-order valence-electron chi connectivity index (χ3n) is 17.0. The van der Waals surface area contributed by atoms with E-state index in [1.54, 1.807) is 6.08 Å². The zero-order valence-corrected chi connectivity index (χ0v) is 53.9. The van der Waals surface area contributed by atoms with E-state index in [0.29, 0.717) is 12.8 Å². The third-order valence-corrected chi connectivity index (χ3v) is 17.0. The minimum absolute atomic E-state index is 0.228. The second kappa shape index (κ2) is 51.0. The number of carbonyl (C=O) groups excluding carboxylic acids is 1. The molecule has 3 aliphatic heterocycles. The second-order valence-corrected chi connectivity index (χ2v) is 24.6. The number of carbonyl (C=O) groups is 1. The number of allylic oxidation sites excluding steroid dienone is 9. The zero-order chi connectivity index (χ0) is 64.0. The molecule has 512 valence electrons. The van der Waals surface area contributed by atoms with Crippen molar-refractivity contribution in [1.29, 1.82) is 0 Å². The van der Waals surface area contributed by atoms with Gasteiger partial charge in [0.1, 0.15) is 73.2 Å². The molecule has 12 N–H and O–H groups in total. The molecule has 3 fully saturated rings. The van der Waals surface area contributed by atoms with Crippen LogP contribution in [0.4, 0.5) is 0 Å². The number of aliphatic hydroxyl groups excluding tert-OH is 11. The summed E-state index contributed by atoms with van der Waals surface area (Å²) in [6, 6.07) is -1.000. The predicted molar refractivity (Wildman–Crippen MR) is 342 cm³/mol. The Balaban J connectivity index is 1.47. The van der Waals surface area contributed by atoms with Gasteiger partial charge in [-0.1, -0.05) is 216 Å². The van der Waals surface area contributed by atoms with Crippen molar-refractivity contribution in [2.75, 3.05) is 26.4 Å². The van der Waals surface area contributed by atoms with E-state index in [-0.39, 0.29) is 18.9 Å². The lowest BCUT2D eigenvalue weighted by Crippen LogP contribution is -2.66. The van der Waals surface area contributed by atoms with E-state index in [9.17, 15) is 61.0 Å². The summed E-state index contributed by atoms with van der Waals surface area (Å²) in [6.45, 7) is 1.70. The van der Waals surface area contributed by atoms with Crippen LogP contribution in [0.3, 0.4) is 0 Å². The Morgan fingerprint density at radius 1 is 0.409 bits per heavy atom. The van der Waals surface area contributed by atoms with Crippen LogP contribution in [-0.4, -0.2) is 193 Å². The molecular weight excluding hydrogens is 1130 g/mol. The highest BCUT2D eigenvalue weighted by atomic mass is 16.8. The van der Waals surface area contributed by atoms with Crippen molar-refractivity contribution in [1.82, 2.24) is 5.32 Å². The van der Waals surface area contributed by atoms with Crippen LogP contribution in [0.1, 0.15) is 239 Å². The zero-order valence-electron chi connectivity index (χ0n) is 53.9. The average molecular weight is 1250 g/mol. The minimum Gasteiger partial charge on any atom is -0.394 e. The van der Waals surface area contributed by atoms with Crippen molar-refractivity contribution in [3.8, 4) is 0 Å². The molecule has 0 saturated carbocycles. The van der Waals surface area contributed by atoms with Crippen molar-refractivity contribution in [2.24, 2.45) is 0 Å². The number of hydrogen-bond acceptors (Lipinski definition) is 18. The molecule has 0 radical (unpaired) electrons. The average Bonchev–Trinajstić information content (AvgIpc) is 3.71. The lowest BCUT2D eigenvalue weighted by Gasteiger charge is -2.48. The van der Waals surface area contributed by atoms with Crippen molar-refractivity contribution in [2.45, 2.75) is 343 Å². The van der Waals surface area contributed by atoms with Crippen LogP contribution in [0.2, 0.25) is 0 Å². The topological polar surface area (TPSA) is 307 Å². The maximum atomic E-state index is 13.4. The van der Waals surface area contributed by atoms with Crippen LogP contribution >= 0.6 is 0 Å². The number of nitrogens with one attached hydrogen (secondary N) is 1. The van der Waals surface area contributed by atoms with Gasteiger partial charge in [-0.05, 0) is 77.0 Å². The van der Waals surface area contributed by atoms with Gasteiger partial charge in [-0.15, -0.1) is 0 Å². The van der Waals surface area contributed by atoms with Crippen LogP contribution in [0, 0.1) is 0 Å². The van der Waals surface area contributed by atoms with Crippen molar-refractivity contribution in [3.05, 3.63) is 60.8 Å². The molecule has 19 nitrogen and oxygen atoms in total. The summed E-state index contributed by atoms with van der Waals surface area (Å²) >= 11 is 0. The Kier molecular flexibility index (Phi) is 46.2. The summed E-state index contributed by atoms with van der Waals surface area (Å²) in [5.41, 5.74) is 0. The van der Waals surface area contributed by atoms with E-state index in [2.05, 4.69) is 67.8 Å². The Labute approximate surface area is 528 Å². The fourth-order valence-corrected chi connectivity index (χ4v) is 11.4. The highest BCUT2D eigenvalue weighted by Gasteiger charge is 2.53. The van der Waals surface area contributed by atoms with Gasteiger partial charge < -0.3 is 89.9 Å². The van der Waals surface area contributed by atoms with E-state index in [4.69, 9.17) is 28.4 Å². The van der Waals surface area contributed by atoms with E-state index in [1.165, 1.54) is 141 Å². The van der Waals surface area contributed by atoms with E-state index in [0.717, 1.165) is 64.2 Å². The molecule has 17 atom stereocenters. The number of ether oxygens (including phenoxy) is 6. The molecule has 0 aromatic rings. The van der Waals surface area contributed by atoms with Gasteiger partial charge in [0, 0.05) is 6.42 Å². The fraction of sp³-hybridized carbons (Fsp3) is 0.841. The van der Waals surface area contributed by atoms with Crippen LogP contribution in [-0.2, 0) is 33.2 Å². The van der Waals surface area contributed by atoms with Crippen LogP contribution < -0.4 is 5.32 Å². The summed E-state index contributed by atoms with van der Waals surface area (Å²) in [5.74, 6) is -0.292. The molecular formula is C69H123NO18. The molecule has 0 spiro atoms. The standard InChI is InChI=1S/C69H123NO18/c1-3-5-7-9-11-13-15-17-19-21-23-25-26-27-29-31-33-35-37-39-41-43-45-47-57(75)70-52(53(74)46-44-42-40-38-36-34-32-30-28-24-22-20-18-16-14-12-10-8-6-4-2)51-83-67-63(81)60(78)65(55(49-72)85-67)88-69-64(82)61(79)66(56(50-73)86-69)87-68-62(80)59(77)58(76)54(48-71)84-68/h15,17,21,23,28,30,36,38,44,46,52-56,58-69,71-74,76-82H,3-14,16,18-20,22,24-27,29,31-35,37,39-43,45,47-51H2,1-2H3,(H,70,75)/b17-15-,23-21-,30-28+,38-36+,46-44+. The smallest absolute Gasteiger partial charge is 0.220 e. The quantitative estimate of drug-likeness (QED) is 0.0200. The Bertz CT molecular complexity index is 1830. The number of rotatable bonds is 52. The Morgan fingerprint density at radius 3 is 1.20 bits per heavy atom. The van der Waals surface area contributed by atoms with E-state index >= 15 is 0 Å². The summed E-state index contributed by atoms with van der Waals surface area (Å²) in [7, 11) is 0. The van der Waals surface area contributed by atoms with Crippen LogP contribution in [0.25, 0.3) is 0 Å². The third kappa shape index (κ3) is 32.9. The minimum atomic E-state index is -1.98. The van der Waals surface area contributed by atoms with Crippen molar-refractivity contribution in [3.63, 3.8) is 0 Å². The molecule has 0 bridgehead atoms. The first-order valence-corrected chi connectivity index (χ1v) is 34.5. The van der Waals surface area contributed by atoms with Gasteiger partial charge in [-0.2, -0.15) is 0 Å². The van der Waals surface area contributed by atoms with E-state index in [1.807, 2.05) is 6.08 Å². The van der Waals surface area contributed by atoms with Crippen molar-refractivity contribution < 1.29 is 89.4 Å². The number of hydrogen-bond donors (Lipinski definition) is 12. The molecule has 0 aromatic heterocycles. The van der Waals surface area contributed by atoms with Gasteiger partial charge in [0.25, 0.3) is 0 Å². The molecule has 3 saturated heterocycles. The Morgan fingerprint density at radius 2 is 0.761 bits per heavy atom. The monoisotopic (exact) mass is 1250 g/mol. The highest BCUT2D eigenvalue weighted by Crippen LogP contribution is 2.33. The maximum absolute atomic E-state index is 13.4. The van der Waals surface area contributed by atoms with Crippen molar-refractivity contribution >= 4 is 5.91 Å². The fourth-order valence-electron chi connectivity index (χ4n) is 11.4. The predicted octanol–water partition coefficient (Wildman–Crippen LogP) is 8.77. The number of unbranched alkanes of at least 4 members (excludes halogenated alkanes) is 28. The largest absolute Gasteiger partial charge is 0.394 e. The van der Waals surface area contributed by atoms with Gasteiger partial charge in [0.15, 0.2) is 18.9 Å². The summed E-state index contributed by atoms with van der Waals surface area (Å²) < 4.78 is 34.3. The van der Waals surface area contributed by atoms with E-state index < -0.39 is 124 Å². The van der Waals surface area contributed by atoms with Crippen LogP contribution in [0.5, 0.6) is 0 Å². The lowest BCUT2D eigenvalue weighted by atomic mass is 9.96. The summed E-state index contributed by atoms with van der Waals surface area (Å²) in [5, 5.41) is 120. The first-order chi connectivity index (χ1) is 42.8. The molecule has 3 rings (SSSR count). The SMILES string of the molecule is CCCCCCC/C=C\C/C=C\CCCCCCCCCCCCCC(=O)NC(COC1OC(CO)C(OC2OC(CO)C(OC3OC(CO)C(O)C(O)C3O)C(O)C2O)C(O)C1O)C(O)/C=C/CC/C=C/CC/C=C/CCCCCCCCCCCC. The lowest BCUT2D eigenvalue weighted by molar-refractivity contribution is -0.379. The first-order valence-electron chi connectivity index (χ1n) is 34.5.